The van der Waals surface area contributed by atoms with Gasteiger partial charge in [0.15, 0.2) is 0 Å². The highest BCUT2D eigenvalue weighted by molar-refractivity contribution is 7.99. The molecule has 0 spiro atoms. The van der Waals surface area contributed by atoms with Gasteiger partial charge in [0, 0.05) is 23.6 Å². The Morgan fingerprint density at radius 1 is 1.15 bits per heavy atom. The van der Waals surface area contributed by atoms with E-state index in [-0.39, 0.29) is 11.7 Å². The van der Waals surface area contributed by atoms with E-state index in [4.69, 9.17) is 4.42 Å². The molecule has 0 fully saturated rings. The second-order valence-electron chi connectivity index (χ2n) is 6.11. The van der Waals surface area contributed by atoms with Crippen molar-refractivity contribution in [2.24, 2.45) is 0 Å². The van der Waals surface area contributed by atoms with Crippen molar-refractivity contribution in [3.8, 4) is 11.5 Å². The van der Waals surface area contributed by atoms with E-state index >= 15 is 0 Å². The Labute approximate surface area is 160 Å². The Balaban J connectivity index is 1.36. The van der Waals surface area contributed by atoms with E-state index in [9.17, 15) is 4.79 Å². The van der Waals surface area contributed by atoms with Crippen LogP contribution in [0.15, 0.2) is 64.4 Å². The van der Waals surface area contributed by atoms with E-state index in [1.807, 2.05) is 61.7 Å². The maximum absolute atomic E-state index is 12.1. The van der Waals surface area contributed by atoms with E-state index in [0.717, 1.165) is 27.6 Å². The number of hydrogen-bond donors (Lipinski definition) is 2. The van der Waals surface area contributed by atoms with Gasteiger partial charge in [-0.05, 0) is 24.1 Å². The third-order valence-corrected chi connectivity index (χ3v) is 5.11. The fourth-order valence-corrected chi connectivity index (χ4v) is 3.40. The first-order valence-corrected chi connectivity index (χ1v) is 9.53. The van der Waals surface area contributed by atoms with Gasteiger partial charge in [0.1, 0.15) is 0 Å². The first-order valence-electron chi connectivity index (χ1n) is 8.55. The third kappa shape index (κ3) is 3.88. The summed E-state index contributed by atoms with van der Waals surface area (Å²) in [6.07, 6.45) is 1.85. The summed E-state index contributed by atoms with van der Waals surface area (Å²) >= 11 is 1.23. The van der Waals surface area contributed by atoms with Crippen LogP contribution in [-0.2, 0) is 11.3 Å². The molecule has 0 bridgehead atoms. The SMILES string of the molecule is Cc1ccccc1CNC(=O)CSc1nnc(-c2c[nH]c3ccccc23)o1. The molecule has 2 heterocycles. The number of nitrogens with one attached hydrogen (secondary N) is 2. The van der Waals surface area contributed by atoms with Crippen molar-refractivity contribution in [1.82, 2.24) is 20.5 Å². The molecule has 0 saturated carbocycles. The Morgan fingerprint density at radius 2 is 1.96 bits per heavy atom. The van der Waals surface area contributed by atoms with Crippen LogP contribution in [0.5, 0.6) is 0 Å². The third-order valence-electron chi connectivity index (χ3n) is 4.29. The number of aromatic amines is 1. The average Bonchev–Trinajstić information content (AvgIpc) is 3.32. The molecule has 6 nitrogen and oxygen atoms in total. The fraction of sp³-hybridized carbons (Fsp3) is 0.150. The number of carbonyl (C=O) groups is 1. The molecule has 0 saturated heterocycles. The van der Waals surface area contributed by atoms with Crippen molar-refractivity contribution in [1.29, 1.82) is 0 Å². The summed E-state index contributed by atoms with van der Waals surface area (Å²) < 4.78 is 5.71. The van der Waals surface area contributed by atoms with Gasteiger partial charge in [-0.1, -0.05) is 54.2 Å². The van der Waals surface area contributed by atoms with Crippen molar-refractivity contribution in [3.05, 3.63) is 65.9 Å². The lowest BCUT2D eigenvalue weighted by atomic mass is 10.1. The standard InChI is InChI=1S/C20H18N4O2S/c1-13-6-2-3-7-14(13)10-22-18(25)12-27-20-24-23-19(26-20)16-11-21-17-9-5-4-8-15(16)17/h2-9,11,21H,10,12H2,1H3,(H,22,25). The van der Waals surface area contributed by atoms with Gasteiger partial charge >= 0.3 is 0 Å². The summed E-state index contributed by atoms with van der Waals surface area (Å²) in [5.74, 6) is 0.590. The Morgan fingerprint density at radius 3 is 2.85 bits per heavy atom. The minimum atomic E-state index is -0.0740. The molecule has 4 rings (SSSR count). The minimum absolute atomic E-state index is 0.0740. The molecule has 1 amide bonds. The monoisotopic (exact) mass is 378 g/mol. The summed E-state index contributed by atoms with van der Waals surface area (Å²) in [5.41, 5.74) is 4.13. The first-order chi connectivity index (χ1) is 13.2. The van der Waals surface area contributed by atoms with E-state index in [1.165, 1.54) is 11.8 Å². The molecule has 2 N–H and O–H groups in total. The van der Waals surface area contributed by atoms with Crippen molar-refractivity contribution in [3.63, 3.8) is 0 Å². The second kappa shape index (κ2) is 7.67. The lowest BCUT2D eigenvalue weighted by Crippen LogP contribution is -2.24. The highest BCUT2D eigenvalue weighted by Gasteiger charge is 2.14. The predicted octanol–water partition coefficient (Wildman–Crippen LogP) is 3.93. The van der Waals surface area contributed by atoms with Crippen LogP contribution in [0.3, 0.4) is 0 Å². The molecule has 0 aliphatic heterocycles. The van der Waals surface area contributed by atoms with E-state index < -0.39 is 0 Å². The molecule has 7 heteroatoms. The number of amides is 1. The van der Waals surface area contributed by atoms with Crippen molar-refractivity contribution in [2.45, 2.75) is 18.7 Å². The number of para-hydroxylation sites is 1. The Kier molecular flexibility index (Phi) is 4.93. The van der Waals surface area contributed by atoms with E-state index in [2.05, 4.69) is 20.5 Å². The number of aromatic nitrogens is 3. The zero-order chi connectivity index (χ0) is 18.6. The zero-order valence-corrected chi connectivity index (χ0v) is 15.5. The number of carbonyl (C=O) groups excluding carboxylic acids is 1. The van der Waals surface area contributed by atoms with Gasteiger partial charge in [0.2, 0.25) is 5.91 Å². The van der Waals surface area contributed by atoms with E-state index in [1.54, 1.807) is 0 Å². The molecule has 2 aromatic carbocycles. The van der Waals surface area contributed by atoms with Crippen LogP contribution in [0.1, 0.15) is 11.1 Å². The number of nitrogens with zero attached hydrogens (tertiary/aromatic N) is 2. The number of fused-ring (bicyclic) bond motifs is 1. The highest BCUT2D eigenvalue weighted by atomic mass is 32.2. The lowest BCUT2D eigenvalue weighted by Gasteiger charge is -2.06. The average molecular weight is 378 g/mol. The van der Waals surface area contributed by atoms with Gasteiger partial charge in [-0.15, -0.1) is 10.2 Å². The topological polar surface area (TPSA) is 83.8 Å². The molecular formula is C20H18N4O2S. The quantitative estimate of drug-likeness (QED) is 0.497. The van der Waals surface area contributed by atoms with Gasteiger partial charge < -0.3 is 14.7 Å². The van der Waals surface area contributed by atoms with Crippen LogP contribution >= 0.6 is 11.8 Å². The lowest BCUT2D eigenvalue weighted by molar-refractivity contribution is -0.118. The van der Waals surface area contributed by atoms with Gasteiger partial charge in [0.25, 0.3) is 11.1 Å². The zero-order valence-electron chi connectivity index (χ0n) is 14.7. The summed E-state index contributed by atoms with van der Waals surface area (Å²) in [6, 6.07) is 15.9. The molecule has 136 valence electrons. The molecule has 27 heavy (non-hydrogen) atoms. The van der Waals surface area contributed by atoms with Crippen LogP contribution in [0.4, 0.5) is 0 Å². The van der Waals surface area contributed by atoms with Crippen molar-refractivity contribution < 1.29 is 9.21 Å². The predicted molar refractivity (Wildman–Crippen MR) is 105 cm³/mol. The first kappa shape index (κ1) is 17.4. The number of rotatable bonds is 6. The molecule has 0 unspecified atom stereocenters. The van der Waals surface area contributed by atoms with Crippen LogP contribution in [-0.4, -0.2) is 26.8 Å². The van der Waals surface area contributed by atoms with Gasteiger partial charge in [0.05, 0.1) is 11.3 Å². The number of thioether (sulfide) groups is 1. The summed E-state index contributed by atoms with van der Waals surface area (Å²) in [5, 5.41) is 12.5. The van der Waals surface area contributed by atoms with Gasteiger partial charge in [-0.3, -0.25) is 4.79 Å². The molecule has 2 aromatic heterocycles. The van der Waals surface area contributed by atoms with Crippen molar-refractivity contribution >= 4 is 28.6 Å². The second-order valence-corrected chi connectivity index (χ2v) is 7.04. The molecule has 4 aromatic rings. The summed E-state index contributed by atoms with van der Waals surface area (Å²) in [7, 11) is 0. The maximum atomic E-state index is 12.1. The smallest absolute Gasteiger partial charge is 0.277 e. The summed E-state index contributed by atoms with van der Waals surface area (Å²) in [6.45, 7) is 2.54. The molecular weight excluding hydrogens is 360 g/mol. The molecule has 0 radical (unpaired) electrons. The summed E-state index contributed by atoms with van der Waals surface area (Å²) in [4.78, 5) is 15.3. The van der Waals surface area contributed by atoms with Crippen LogP contribution < -0.4 is 5.32 Å². The Bertz CT molecular complexity index is 1090. The number of benzene rings is 2. The number of H-pyrrole nitrogens is 1. The maximum Gasteiger partial charge on any atom is 0.277 e. The van der Waals surface area contributed by atoms with Gasteiger partial charge in [-0.2, -0.15) is 0 Å². The largest absolute Gasteiger partial charge is 0.411 e. The molecule has 0 aliphatic rings. The van der Waals surface area contributed by atoms with Crippen LogP contribution in [0, 0.1) is 6.92 Å². The van der Waals surface area contributed by atoms with E-state index in [0.29, 0.717) is 17.7 Å². The number of hydrogen-bond acceptors (Lipinski definition) is 5. The minimum Gasteiger partial charge on any atom is -0.411 e. The number of aryl methyl sites for hydroxylation is 1. The Hall–Kier alpha value is -3.06. The highest BCUT2D eigenvalue weighted by Crippen LogP contribution is 2.29. The van der Waals surface area contributed by atoms with Gasteiger partial charge in [-0.25, -0.2) is 0 Å². The van der Waals surface area contributed by atoms with Crippen LogP contribution in [0.2, 0.25) is 0 Å². The van der Waals surface area contributed by atoms with Crippen LogP contribution in [0.25, 0.3) is 22.4 Å². The fourth-order valence-electron chi connectivity index (χ4n) is 2.81. The molecule has 0 atom stereocenters. The molecule has 0 aliphatic carbocycles. The normalized spacial score (nSPS) is 11.0. The van der Waals surface area contributed by atoms with Crippen molar-refractivity contribution in [2.75, 3.05) is 5.75 Å².